The first-order valence-electron chi connectivity index (χ1n) is 6.19. The number of pyridine rings is 1. The molecule has 0 aliphatic rings. The quantitative estimate of drug-likeness (QED) is 0.897. The summed E-state index contributed by atoms with van der Waals surface area (Å²) in [6.07, 6.45) is 3.20. The van der Waals surface area contributed by atoms with E-state index in [4.69, 9.17) is 0 Å². The molecule has 1 aromatic heterocycles. The SMILES string of the molecule is CNS(=O)(=O)c1ccc(C(=O)Nc2cnccc2C)cc1. The Morgan fingerprint density at radius 1 is 1.14 bits per heavy atom. The summed E-state index contributed by atoms with van der Waals surface area (Å²) in [7, 11) is -2.16. The van der Waals surface area contributed by atoms with E-state index in [0.717, 1.165) is 5.56 Å². The Bertz CT molecular complexity index is 755. The zero-order chi connectivity index (χ0) is 15.5. The summed E-state index contributed by atoms with van der Waals surface area (Å²) in [5.41, 5.74) is 1.88. The predicted molar refractivity (Wildman–Crippen MR) is 79.6 cm³/mol. The summed E-state index contributed by atoms with van der Waals surface area (Å²) < 4.78 is 25.4. The smallest absolute Gasteiger partial charge is 0.255 e. The lowest BCUT2D eigenvalue weighted by Crippen LogP contribution is -2.19. The zero-order valence-corrected chi connectivity index (χ0v) is 12.4. The van der Waals surface area contributed by atoms with Crippen LogP contribution < -0.4 is 10.0 Å². The topological polar surface area (TPSA) is 88.2 Å². The fourth-order valence-electron chi connectivity index (χ4n) is 1.69. The Labute approximate surface area is 123 Å². The van der Waals surface area contributed by atoms with Gasteiger partial charge in [-0.05, 0) is 49.9 Å². The number of hydrogen-bond donors (Lipinski definition) is 2. The van der Waals surface area contributed by atoms with Crippen LogP contribution in [-0.2, 0) is 10.0 Å². The van der Waals surface area contributed by atoms with Gasteiger partial charge in [-0.1, -0.05) is 0 Å². The van der Waals surface area contributed by atoms with Crippen molar-refractivity contribution in [3.05, 3.63) is 53.9 Å². The van der Waals surface area contributed by atoms with Gasteiger partial charge in [0, 0.05) is 11.8 Å². The highest BCUT2D eigenvalue weighted by atomic mass is 32.2. The van der Waals surface area contributed by atoms with E-state index in [-0.39, 0.29) is 10.8 Å². The summed E-state index contributed by atoms with van der Waals surface area (Å²) in [5, 5.41) is 2.73. The minimum Gasteiger partial charge on any atom is -0.320 e. The van der Waals surface area contributed by atoms with Gasteiger partial charge in [0.2, 0.25) is 10.0 Å². The molecule has 0 radical (unpaired) electrons. The van der Waals surface area contributed by atoms with Gasteiger partial charge < -0.3 is 5.32 Å². The van der Waals surface area contributed by atoms with Crippen molar-refractivity contribution in [2.24, 2.45) is 0 Å². The molecule has 2 aromatic rings. The van der Waals surface area contributed by atoms with Crippen LogP contribution in [0.15, 0.2) is 47.6 Å². The van der Waals surface area contributed by atoms with Crippen molar-refractivity contribution < 1.29 is 13.2 Å². The molecule has 0 aliphatic heterocycles. The minimum absolute atomic E-state index is 0.110. The number of aryl methyl sites for hydroxylation is 1. The van der Waals surface area contributed by atoms with Gasteiger partial charge >= 0.3 is 0 Å². The second kappa shape index (κ2) is 6.02. The van der Waals surface area contributed by atoms with Crippen LogP contribution in [0.5, 0.6) is 0 Å². The summed E-state index contributed by atoms with van der Waals surface area (Å²) in [6, 6.07) is 7.49. The molecule has 0 aliphatic carbocycles. The Morgan fingerprint density at radius 3 is 2.38 bits per heavy atom. The molecule has 2 N–H and O–H groups in total. The van der Waals surface area contributed by atoms with Crippen LogP contribution in [0.25, 0.3) is 0 Å². The fourth-order valence-corrected chi connectivity index (χ4v) is 2.42. The molecule has 2 rings (SSSR count). The lowest BCUT2D eigenvalue weighted by atomic mass is 10.2. The fraction of sp³-hybridized carbons (Fsp3) is 0.143. The lowest BCUT2D eigenvalue weighted by molar-refractivity contribution is 0.102. The van der Waals surface area contributed by atoms with Crippen molar-refractivity contribution in [3.63, 3.8) is 0 Å². The highest BCUT2D eigenvalue weighted by Gasteiger charge is 2.13. The van der Waals surface area contributed by atoms with Crippen LogP contribution in [0.2, 0.25) is 0 Å². The van der Waals surface area contributed by atoms with Crippen LogP contribution in [-0.4, -0.2) is 26.4 Å². The van der Waals surface area contributed by atoms with Crippen molar-refractivity contribution in [2.75, 3.05) is 12.4 Å². The molecule has 1 amide bonds. The molecule has 0 bridgehead atoms. The van der Waals surface area contributed by atoms with Crippen molar-refractivity contribution in [1.82, 2.24) is 9.71 Å². The Hall–Kier alpha value is -2.25. The van der Waals surface area contributed by atoms with Crippen molar-refractivity contribution >= 4 is 21.6 Å². The van der Waals surface area contributed by atoms with E-state index in [2.05, 4.69) is 15.0 Å². The largest absolute Gasteiger partial charge is 0.320 e. The summed E-state index contributed by atoms with van der Waals surface area (Å²) in [6.45, 7) is 1.86. The normalized spacial score (nSPS) is 11.1. The third-order valence-corrected chi connectivity index (χ3v) is 4.41. The molecule has 21 heavy (non-hydrogen) atoms. The maximum absolute atomic E-state index is 12.1. The van der Waals surface area contributed by atoms with Gasteiger partial charge in [0.25, 0.3) is 5.91 Å². The Morgan fingerprint density at radius 2 is 1.81 bits per heavy atom. The lowest BCUT2D eigenvalue weighted by Gasteiger charge is -2.08. The molecule has 110 valence electrons. The number of nitrogens with one attached hydrogen (secondary N) is 2. The molecule has 1 heterocycles. The van der Waals surface area contributed by atoms with E-state index in [1.165, 1.54) is 31.3 Å². The molecule has 0 saturated carbocycles. The molecule has 7 heteroatoms. The van der Waals surface area contributed by atoms with E-state index in [9.17, 15) is 13.2 Å². The maximum Gasteiger partial charge on any atom is 0.255 e. The van der Waals surface area contributed by atoms with Gasteiger partial charge in [-0.3, -0.25) is 9.78 Å². The van der Waals surface area contributed by atoms with Gasteiger partial charge in [-0.15, -0.1) is 0 Å². The number of amides is 1. The predicted octanol–water partition coefficient (Wildman–Crippen LogP) is 1.55. The van der Waals surface area contributed by atoms with Gasteiger partial charge in [-0.2, -0.15) is 0 Å². The molecule has 1 aromatic carbocycles. The van der Waals surface area contributed by atoms with Gasteiger partial charge in [0.05, 0.1) is 16.8 Å². The zero-order valence-electron chi connectivity index (χ0n) is 11.6. The highest BCUT2D eigenvalue weighted by molar-refractivity contribution is 7.89. The Balaban J connectivity index is 2.20. The van der Waals surface area contributed by atoms with E-state index in [0.29, 0.717) is 11.3 Å². The first-order chi connectivity index (χ1) is 9.94. The molecular weight excluding hydrogens is 290 g/mol. The van der Waals surface area contributed by atoms with E-state index in [1.807, 2.05) is 6.92 Å². The van der Waals surface area contributed by atoms with Gasteiger partial charge in [0.1, 0.15) is 0 Å². The first kappa shape index (κ1) is 15.1. The number of carbonyl (C=O) groups is 1. The van der Waals surface area contributed by atoms with Gasteiger partial charge in [-0.25, -0.2) is 13.1 Å². The highest BCUT2D eigenvalue weighted by Crippen LogP contribution is 2.15. The number of carbonyl (C=O) groups excluding carboxylic acids is 1. The molecule has 6 nitrogen and oxygen atoms in total. The van der Waals surface area contributed by atoms with Crippen molar-refractivity contribution in [1.29, 1.82) is 0 Å². The van der Waals surface area contributed by atoms with Crippen LogP contribution in [0.4, 0.5) is 5.69 Å². The summed E-state index contributed by atoms with van der Waals surface area (Å²) in [5.74, 6) is -0.320. The monoisotopic (exact) mass is 305 g/mol. The number of anilines is 1. The number of aromatic nitrogens is 1. The average Bonchev–Trinajstić information content (AvgIpc) is 2.49. The average molecular weight is 305 g/mol. The van der Waals surface area contributed by atoms with Crippen LogP contribution in [0, 0.1) is 6.92 Å². The summed E-state index contributed by atoms with van der Waals surface area (Å²) >= 11 is 0. The van der Waals surface area contributed by atoms with E-state index >= 15 is 0 Å². The van der Waals surface area contributed by atoms with Gasteiger partial charge in [0.15, 0.2) is 0 Å². The molecule has 0 spiro atoms. The third-order valence-electron chi connectivity index (χ3n) is 2.98. The number of hydrogen-bond acceptors (Lipinski definition) is 4. The van der Waals surface area contributed by atoms with Crippen molar-refractivity contribution in [3.8, 4) is 0 Å². The maximum atomic E-state index is 12.1. The molecule has 0 fully saturated rings. The van der Waals surface area contributed by atoms with Crippen LogP contribution in [0.3, 0.4) is 0 Å². The third kappa shape index (κ3) is 3.45. The number of benzene rings is 1. The second-order valence-corrected chi connectivity index (χ2v) is 6.26. The van der Waals surface area contributed by atoms with E-state index < -0.39 is 10.0 Å². The first-order valence-corrected chi connectivity index (χ1v) is 7.68. The van der Waals surface area contributed by atoms with Crippen LogP contribution >= 0.6 is 0 Å². The molecule has 0 unspecified atom stereocenters. The van der Waals surface area contributed by atoms with Crippen molar-refractivity contribution in [2.45, 2.75) is 11.8 Å². The van der Waals surface area contributed by atoms with E-state index in [1.54, 1.807) is 18.5 Å². The Kier molecular flexibility index (Phi) is 4.35. The number of rotatable bonds is 4. The second-order valence-electron chi connectivity index (χ2n) is 4.38. The summed E-state index contributed by atoms with van der Waals surface area (Å²) in [4.78, 5) is 16.2. The molecule has 0 saturated heterocycles. The molecular formula is C14H15N3O3S. The van der Waals surface area contributed by atoms with Crippen LogP contribution in [0.1, 0.15) is 15.9 Å². The number of sulfonamides is 1. The standard InChI is InChI=1S/C14H15N3O3S/c1-10-7-8-16-9-13(10)17-14(18)11-3-5-12(6-4-11)21(19,20)15-2/h3-9,15H,1-2H3,(H,17,18). The number of nitrogens with zero attached hydrogens (tertiary/aromatic N) is 1. The molecule has 0 atom stereocenters. The minimum atomic E-state index is -3.50.